The molecule has 0 amide bonds. The maximum absolute atomic E-state index is 5.87. The van der Waals surface area contributed by atoms with Gasteiger partial charge in [-0.1, -0.05) is 0 Å². The van der Waals surface area contributed by atoms with Crippen LogP contribution in [-0.2, 0) is 6.16 Å². The van der Waals surface area contributed by atoms with Gasteiger partial charge in [-0.15, -0.1) is 0 Å². The van der Waals surface area contributed by atoms with Crippen LogP contribution in [0.15, 0.2) is 115 Å². The van der Waals surface area contributed by atoms with Crippen molar-refractivity contribution in [2.45, 2.75) is 6.16 Å². The molecule has 4 aromatic rings. The van der Waals surface area contributed by atoms with Crippen LogP contribution in [0.2, 0.25) is 0 Å². The topological polar surface area (TPSA) is 9.23 Å². The first-order chi connectivity index (χ1) is 13.8. The first-order valence-electron chi connectivity index (χ1n) is 9.63. The minimum atomic E-state index is -2.36. The molecular weight excluding hydrogens is 359 g/mol. The Balaban J connectivity index is 2.05. The summed E-state index contributed by atoms with van der Waals surface area (Å²) in [5.41, 5.74) is 1.35. The molecule has 28 heavy (non-hydrogen) atoms. The van der Waals surface area contributed by atoms with Gasteiger partial charge in [-0.2, -0.15) is 0 Å². The molecule has 0 heterocycles. The van der Waals surface area contributed by atoms with Gasteiger partial charge in [0.1, 0.15) is 0 Å². The molecule has 0 N–H and O–H groups in total. The van der Waals surface area contributed by atoms with Gasteiger partial charge in [0.15, 0.2) is 0 Å². The fraction of sp³-hybridized carbons (Fsp3) is 0.0769. The summed E-state index contributed by atoms with van der Waals surface area (Å²) in [6.45, 7) is 0. The normalized spacial score (nSPS) is 11.8. The fourth-order valence-electron chi connectivity index (χ4n) is 4.12. The molecule has 0 saturated heterocycles. The van der Waals surface area contributed by atoms with E-state index < -0.39 is 7.26 Å². The van der Waals surface area contributed by atoms with Crippen LogP contribution in [0.1, 0.15) is 5.56 Å². The third-order valence-corrected chi connectivity index (χ3v) is 10.3. The number of ether oxygens (including phenoxy) is 1. The number of hydrogen-bond donors (Lipinski definition) is 0. The molecule has 0 bridgehead atoms. The van der Waals surface area contributed by atoms with Crippen molar-refractivity contribution in [3.63, 3.8) is 0 Å². The summed E-state index contributed by atoms with van der Waals surface area (Å²) in [7, 11) is -0.581. The summed E-state index contributed by atoms with van der Waals surface area (Å²) in [6.07, 6.45) is 0.988. The number of para-hydroxylation sites is 1. The van der Waals surface area contributed by atoms with Crippen LogP contribution in [0.25, 0.3) is 0 Å². The summed E-state index contributed by atoms with van der Waals surface area (Å²) >= 11 is 0. The molecule has 0 aliphatic rings. The molecule has 4 aromatic carbocycles. The van der Waals surface area contributed by atoms with Crippen LogP contribution >= 0.6 is 7.26 Å². The van der Waals surface area contributed by atoms with Gasteiger partial charge in [0.2, 0.25) is 0 Å². The molecular formula is C26H25OP. The number of rotatable bonds is 6. The van der Waals surface area contributed by atoms with Crippen molar-refractivity contribution in [2.75, 3.05) is 7.11 Å². The molecule has 0 unspecified atom stereocenters. The summed E-state index contributed by atoms with van der Waals surface area (Å²) in [4.78, 5) is 0. The second-order valence-corrected chi connectivity index (χ2v) is 10.9. The van der Waals surface area contributed by atoms with Gasteiger partial charge in [0, 0.05) is 0 Å². The molecule has 0 saturated carbocycles. The van der Waals surface area contributed by atoms with Crippen LogP contribution in [0, 0.1) is 0 Å². The molecule has 4 rings (SSSR count). The van der Waals surface area contributed by atoms with Crippen molar-refractivity contribution in [1.82, 2.24) is 0 Å². The van der Waals surface area contributed by atoms with Gasteiger partial charge < -0.3 is 0 Å². The van der Waals surface area contributed by atoms with Crippen molar-refractivity contribution >= 4 is 23.2 Å². The molecule has 0 fully saturated rings. The van der Waals surface area contributed by atoms with E-state index in [0.717, 1.165) is 11.9 Å². The van der Waals surface area contributed by atoms with Crippen molar-refractivity contribution < 1.29 is 4.74 Å². The van der Waals surface area contributed by atoms with E-state index in [1.165, 1.54) is 21.5 Å². The summed E-state index contributed by atoms with van der Waals surface area (Å²) in [6, 6.07) is 41.3. The van der Waals surface area contributed by atoms with E-state index in [-0.39, 0.29) is 0 Å². The standard InChI is InChI=1S/C26H25OP/c1-27-25-19-11-12-20-26(25)28(23-15-7-3-8-16-23,24-17-9-4-10-18-24)21-22-13-5-2-6-14-22/h2-20,28H,21H2,1H3. The monoisotopic (exact) mass is 384 g/mol. The average molecular weight is 384 g/mol. The van der Waals surface area contributed by atoms with Gasteiger partial charge in [-0.05, 0) is 0 Å². The van der Waals surface area contributed by atoms with Gasteiger partial charge in [0.05, 0.1) is 0 Å². The zero-order valence-corrected chi connectivity index (χ0v) is 17.1. The number of hydrogen-bond acceptors (Lipinski definition) is 1. The van der Waals surface area contributed by atoms with Crippen molar-refractivity contribution in [3.8, 4) is 5.75 Å². The summed E-state index contributed by atoms with van der Waals surface area (Å²) in [5.74, 6) is 0.970. The Bertz CT molecular complexity index is 974. The average Bonchev–Trinajstić information content (AvgIpc) is 2.79. The Morgan fingerprint density at radius 3 is 1.57 bits per heavy atom. The SMILES string of the molecule is COc1ccccc1[PH](Cc1ccccc1)(c1ccccc1)c1ccccc1. The van der Waals surface area contributed by atoms with E-state index in [9.17, 15) is 0 Å². The van der Waals surface area contributed by atoms with E-state index >= 15 is 0 Å². The molecule has 0 radical (unpaired) electrons. The zero-order valence-electron chi connectivity index (χ0n) is 16.1. The quantitative estimate of drug-likeness (QED) is 0.429. The molecule has 0 aliphatic carbocycles. The molecule has 1 nitrogen and oxygen atoms in total. The van der Waals surface area contributed by atoms with E-state index in [1.807, 2.05) is 0 Å². The zero-order chi connectivity index (χ0) is 19.2. The minimum absolute atomic E-state index is 0.970. The Morgan fingerprint density at radius 1 is 0.571 bits per heavy atom. The Labute approximate surface area is 168 Å². The first kappa shape index (κ1) is 18.5. The van der Waals surface area contributed by atoms with Crippen LogP contribution in [0.3, 0.4) is 0 Å². The molecule has 2 heteroatoms. The van der Waals surface area contributed by atoms with Crippen LogP contribution in [-0.4, -0.2) is 7.11 Å². The Kier molecular flexibility index (Phi) is 5.55. The Morgan fingerprint density at radius 2 is 1.04 bits per heavy atom. The van der Waals surface area contributed by atoms with Crippen molar-refractivity contribution in [1.29, 1.82) is 0 Å². The van der Waals surface area contributed by atoms with Crippen molar-refractivity contribution in [2.24, 2.45) is 0 Å². The second-order valence-electron chi connectivity index (χ2n) is 7.00. The predicted molar refractivity (Wildman–Crippen MR) is 123 cm³/mol. The van der Waals surface area contributed by atoms with Gasteiger partial charge in [0.25, 0.3) is 0 Å². The van der Waals surface area contributed by atoms with Crippen LogP contribution in [0.5, 0.6) is 5.75 Å². The summed E-state index contributed by atoms with van der Waals surface area (Å²) in [5, 5.41) is 4.11. The van der Waals surface area contributed by atoms with Crippen LogP contribution < -0.4 is 20.7 Å². The molecule has 0 aliphatic heterocycles. The molecule has 0 atom stereocenters. The van der Waals surface area contributed by atoms with E-state index in [1.54, 1.807) is 7.11 Å². The first-order valence-corrected chi connectivity index (χ1v) is 11.8. The van der Waals surface area contributed by atoms with Crippen molar-refractivity contribution in [3.05, 3.63) is 121 Å². The molecule has 0 aromatic heterocycles. The number of methoxy groups -OCH3 is 1. The van der Waals surface area contributed by atoms with E-state index in [4.69, 9.17) is 4.74 Å². The molecule has 140 valence electrons. The van der Waals surface area contributed by atoms with Gasteiger partial charge >= 0.3 is 168 Å². The maximum atomic E-state index is 5.87. The third-order valence-electron chi connectivity index (χ3n) is 5.41. The van der Waals surface area contributed by atoms with Gasteiger partial charge in [-0.3, -0.25) is 0 Å². The molecule has 0 spiro atoms. The summed E-state index contributed by atoms with van der Waals surface area (Å²) < 4.78 is 5.87. The third kappa shape index (κ3) is 3.46. The number of benzene rings is 4. The fourth-order valence-corrected chi connectivity index (χ4v) is 9.03. The van der Waals surface area contributed by atoms with Crippen LogP contribution in [0.4, 0.5) is 0 Å². The Hall–Kier alpha value is -2.89. The van der Waals surface area contributed by atoms with Gasteiger partial charge in [-0.25, -0.2) is 0 Å². The predicted octanol–water partition coefficient (Wildman–Crippen LogP) is 4.92. The van der Waals surface area contributed by atoms with E-state index in [2.05, 4.69) is 115 Å². The van der Waals surface area contributed by atoms with E-state index in [0.29, 0.717) is 0 Å². The second kappa shape index (κ2) is 8.42.